The van der Waals surface area contributed by atoms with E-state index in [-0.39, 0.29) is 17.5 Å². The second-order valence-electron chi connectivity index (χ2n) is 16.1. The zero-order chi connectivity index (χ0) is 34.0. The molecule has 0 spiro atoms. The Kier molecular flexibility index (Phi) is 7.77. The number of fused-ring (bicyclic) bond motifs is 5. The van der Waals surface area contributed by atoms with Crippen LogP contribution in [0.4, 0.5) is 0 Å². The molecule has 0 N–H and O–H groups in total. The highest BCUT2D eigenvalue weighted by Gasteiger charge is 2.50. The standard InChI is InChI=1S/C46H48N4/c1-30-17-19-44-40(22-30)39-14-5-6-16-43(39)49(44)36-25-35(32-11-9-12-33(24-32)38-13-4-3-10-34(38)29-48)26-37(27-36)50-45-20-18-31(28-47)23-41(45)42-15-7-8-21-46(42,50)2/h4,6-8,12-13,15-16,21,23,25-26,30,32,37,42H,3,5,9-11,14,17-20,22,24,27H2,1-2H3/t30-,32?,37?,42?,46-/m1/s1. The Morgan fingerprint density at radius 1 is 0.860 bits per heavy atom. The Balaban J connectivity index is 1.18. The third kappa shape index (κ3) is 4.98. The summed E-state index contributed by atoms with van der Waals surface area (Å²) in [6, 6.07) is 5.25. The first-order valence-electron chi connectivity index (χ1n) is 19.3. The Bertz CT molecular complexity index is 2060. The van der Waals surface area contributed by atoms with Crippen molar-refractivity contribution in [3.63, 3.8) is 0 Å². The average molecular weight is 657 g/mol. The number of nitrogens with zero attached hydrogens (tertiary/aromatic N) is 4. The van der Waals surface area contributed by atoms with Gasteiger partial charge in [0.1, 0.15) is 0 Å². The van der Waals surface area contributed by atoms with Gasteiger partial charge in [-0.05, 0) is 147 Å². The first kappa shape index (κ1) is 31.4. The van der Waals surface area contributed by atoms with Crippen LogP contribution in [0.1, 0.15) is 101 Å². The highest BCUT2D eigenvalue weighted by Crippen LogP contribution is 2.53. The predicted molar refractivity (Wildman–Crippen MR) is 202 cm³/mol. The number of hydrogen-bond donors (Lipinski definition) is 0. The molecule has 8 aliphatic rings. The van der Waals surface area contributed by atoms with Crippen molar-refractivity contribution in [1.29, 1.82) is 10.5 Å². The minimum Gasteiger partial charge on any atom is -0.358 e. The minimum absolute atomic E-state index is 0.183. The lowest BCUT2D eigenvalue weighted by atomic mass is 9.76. The summed E-state index contributed by atoms with van der Waals surface area (Å²) in [5.74, 6) is 1.39. The van der Waals surface area contributed by atoms with Gasteiger partial charge in [0.25, 0.3) is 0 Å². The molecule has 4 nitrogen and oxygen atoms in total. The van der Waals surface area contributed by atoms with Crippen LogP contribution in [-0.2, 0) is 19.3 Å². The molecule has 9 rings (SSSR count). The first-order chi connectivity index (χ1) is 24.5. The van der Waals surface area contributed by atoms with Gasteiger partial charge >= 0.3 is 0 Å². The first-order valence-corrected chi connectivity index (χ1v) is 19.3. The van der Waals surface area contributed by atoms with E-state index < -0.39 is 0 Å². The van der Waals surface area contributed by atoms with Gasteiger partial charge in [-0.1, -0.05) is 61.6 Å². The van der Waals surface area contributed by atoms with Gasteiger partial charge in [-0.2, -0.15) is 10.5 Å². The van der Waals surface area contributed by atoms with Crippen molar-refractivity contribution in [2.45, 2.75) is 109 Å². The van der Waals surface area contributed by atoms with E-state index in [1.165, 1.54) is 52.2 Å². The maximum Gasteiger partial charge on any atom is 0.0953 e. The zero-order valence-corrected chi connectivity index (χ0v) is 29.7. The van der Waals surface area contributed by atoms with Crippen LogP contribution in [0.3, 0.4) is 0 Å². The fourth-order valence-corrected chi connectivity index (χ4v) is 10.7. The van der Waals surface area contributed by atoms with E-state index in [1.807, 2.05) is 0 Å². The molecule has 1 aliphatic heterocycles. The Morgan fingerprint density at radius 2 is 1.74 bits per heavy atom. The lowest BCUT2D eigenvalue weighted by Gasteiger charge is -2.46. The third-order valence-electron chi connectivity index (χ3n) is 13.1. The molecule has 1 aromatic rings. The Labute approximate surface area is 298 Å². The highest BCUT2D eigenvalue weighted by molar-refractivity contribution is 5.69. The molecule has 252 valence electrons. The van der Waals surface area contributed by atoms with Crippen molar-refractivity contribution in [2.24, 2.45) is 17.8 Å². The maximum absolute atomic E-state index is 10.0. The lowest BCUT2D eigenvalue weighted by molar-refractivity contribution is 0.156. The molecule has 7 aliphatic carbocycles. The van der Waals surface area contributed by atoms with Crippen LogP contribution in [0.25, 0.3) is 11.8 Å². The predicted octanol–water partition coefficient (Wildman–Crippen LogP) is 10.3. The van der Waals surface area contributed by atoms with Gasteiger partial charge in [0.15, 0.2) is 0 Å². The minimum atomic E-state index is -0.183. The molecule has 0 radical (unpaired) electrons. The summed E-state index contributed by atoms with van der Waals surface area (Å²) in [4.78, 5) is 2.78. The van der Waals surface area contributed by atoms with E-state index in [0.717, 1.165) is 87.7 Å². The number of nitriles is 2. The van der Waals surface area contributed by atoms with Crippen LogP contribution < -0.4 is 0 Å². The summed E-state index contributed by atoms with van der Waals surface area (Å²) >= 11 is 0. The molecule has 50 heavy (non-hydrogen) atoms. The fraction of sp³-hybridized carbons (Fsp3) is 0.435. The molecule has 0 bridgehead atoms. The quantitative estimate of drug-likeness (QED) is 0.324. The second-order valence-corrected chi connectivity index (χ2v) is 16.1. The SMILES string of the molecule is C[C@@H]1CCc2c(c3c(n2C2=CC(C4CCC=C(C5=C(C#N)CCC=C5)C4)=CC(N4C5=C(C=C(C#N)CC5)C5C=CC=C[C@]54C)C2)C=CCC3)C1. The Morgan fingerprint density at radius 3 is 2.62 bits per heavy atom. The van der Waals surface area contributed by atoms with E-state index in [0.29, 0.717) is 5.92 Å². The molecular formula is C46H48N4. The number of allylic oxidation sites excluding steroid dienone is 14. The monoisotopic (exact) mass is 656 g/mol. The maximum atomic E-state index is 10.0. The summed E-state index contributed by atoms with van der Waals surface area (Å²) in [5, 5.41) is 19.9. The smallest absolute Gasteiger partial charge is 0.0953 e. The molecular weight excluding hydrogens is 609 g/mol. The normalized spacial score (nSPS) is 31.2. The van der Waals surface area contributed by atoms with Crippen molar-refractivity contribution >= 4 is 11.8 Å². The van der Waals surface area contributed by atoms with E-state index in [1.54, 1.807) is 16.8 Å². The van der Waals surface area contributed by atoms with Gasteiger partial charge in [0.2, 0.25) is 0 Å². The molecule has 5 atom stereocenters. The summed E-state index contributed by atoms with van der Waals surface area (Å²) in [6.45, 7) is 4.86. The van der Waals surface area contributed by atoms with Crippen molar-refractivity contribution in [1.82, 2.24) is 9.47 Å². The largest absolute Gasteiger partial charge is 0.358 e. The van der Waals surface area contributed by atoms with E-state index in [4.69, 9.17) is 0 Å². The van der Waals surface area contributed by atoms with Gasteiger partial charge in [-0.25, -0.2) is 0 Å². The molecule has 2 heterocycles. The number of aromatic nitrogens is 1. The highest BCUT2D eigenvalue weighted by atomic mass is 15.3. The molecule has 0 amide bonds. The van der Waals surface area contributed by atoms with E-state index >= 15 is 0 Å². The zero-order valence-electron chi connectivity index (χ0n) is 29.7. The summed E-state index contributed by atoms with van der Waals surface area (Å²) in [6.07, 6.45) is 42.0. The lowest BCUT2D eigenvalue weighted by Crippen LogP contribution is -2.50. The van der Waals surface area contributed by atoms with Crippen molar-refractivity contribution < 1.29 is 0 Å². The topological polar surface area (TPSA) is 55.8 Å². The molecule has 1 aromatic heterocycles. The van der Waals surface area contributed by atoms with Crippen LogP contribution >= 0.6 is 0 Å². The van der Waals surface area contributed by atoms with Crippen LogP contribution in [-0.4, -0.2) is 21.0 Å². The van der Waals surface area contributed by atoms with E-state index in [2.05, 4.69) is 108 Å². The van der Waals surface area contributed by atoms with Crippen LogP contribution in [0.2, 0.25) is 0 Å². The molecule has 3 unspecified atom stereocenters. The number of rotatable bonds is 4. The molecule has 0 fully saturated rings. The van der Waals surface area contributed by atoms with Gasteiger partial charge in [0, 0.05) is 46.3 Å². The summed E-state index contributed by atoms with van der Waals surface area (Å²) < 4.78 is 2.72. The van der Waals surface area contributed by atoms with Crippen molar-refractivity contribution in [3.05, 3.63) is 128 Å². The van der Waals surface area contributed by atoms with Gasteiger partial charge in [-0.3, -0.25) is 0 Å². The fourth-order valence-electron chi connectivity index (χ4n) is 10.7. The molecule has 0 saturated heterocycles. The molecule has 0 saturated carbocycles. The van der Waals surface area contributed by atoms with Gasteiger partial charge < -0.3 is 9.47 Å². The van der Waals surface area contributed by atoms with Gasteiger partial charge in [-0.15, -0.1) is 0 Å². The number of hydrogen-bond acceptors (Lipinski definition) is 3. The summed E-state index contributed by atoms with van der Waals surface area (Å²) in [7, 11) is 0. The van der Waals surface area contributed by atoms with Crippen LogP contribution in [0, 0.1) is 40.4 Å². The third-order valence-corrected chi connectivity index (χ3v) is 13.1. The second kappa shape index (κ2) is 12.3. The van der Waals surface area contributed by atoms with Crippen molar-refractivity contribution in [3.8, 4) is 12.1 Å². The van der Waals surface area contributed by atoms with Gasteiger partial charge in [0.05, 0.1) is 23.7 Å². The molecule has 0 aromatic carbocycles. The van der Waals surface area contributed by atoms with Crippen LogP contribution in [0.15, 0.2) is 106 Å². The molecule has 4 heteroatoms. The van der Waals surface area contributed by atoms with E-state index in [9.17, 15) is 10.5 Å². The average Bonchev–Trinajstić information content (AvgIpc) is 3.62. The summed E-state index contributed by atoms with van der Waals surface area (Å²) in [5.41, 5.74) is 16.2. The Hall–Kier alpha value is -4.54. The van der Waals surface area contributed by atoms with Crippen molar-refractivity contribution in [2.75, 3.05) is 0 Å². The van der Waals surface area contributed by atoms with Crippen LogP contribution in [0.5, 0.6) is 0 Å².